The van der Waals surface area contributed by atoms with E-state index in [1.165, 1.54) is 6.42 Å². The van der Waals surface area contributed by atoms with Crippen LogP contribution in [0.3, 0.4) is 0 Å². The average molecular weight is 409 g/mol. The molecule has 0 aromatic carbocycles. The van der Waals surface area contributed by atoms with Crippen LogP contribution in [0.15, 0.2) is 0 Å². The van der Waals surface area contributed by atoms with Crippen molar-refractivity contribution in [2.45, 2.75) is 96.4 Å². The van der Waals surface area contributed by atoms with Crippen LogP contribution in [0.5, 0.6) is 0 Å². The molecule has 1 unspecified atom stereocenters. The van der Waals surface area contributed by atoms with Gasteiger partial charge in [0, 0.05) is 6.42 Å². The van der Waals surface area contributed by atoms with Crippen molar-refractivity contribution < 1.29 is 19.2 Å². The largest absolute Gasteiger partial charge is 0.347 e. The second-order valence-electron chi connectivity index (χ2n) is 8.59. The quantitative estimate of drug-likeness (QED) is 0.361. The molecule has 1 saturated carbocycles. The van der Waals surface area contributed by atoms with Gasteiger partial charge in [0.1, 0.15) is 5.54 Å². The Kier molecular flexibility index (Phi) is 8.92. The summed E-state index contributed by atoms with van der Waals surface area (Å²) in [5.41, 5.74) is 1.32. The Morgan fingerprint density at radius 2 is 1.76 bits per heavy atom. The molecule has 2 aliphatic rings. The van der Waals surface area contributed by atoms with Crippen LogP contribution in [0.25, 0.3) is 0 Å². The molecule has 8 nitrogen and oxygen atoms in total. The van der Waals surface area contributed by atoms with Crippen molar-refractivity contribution in [1.29, 1.82) is 0 Å². The normalized spacial score (nSPS) is 22.5. The zero-order valence-corrected chi connectivity index (χ0v) is 17.8. The highest BCUT2D eigenvalue weighted by atomic mass is 16.2. The van der Waals surface area contributed by atoms with E-state index < -0.39 is 23.4 Å². The van der Waals surface area contributed by atoms with Gasteiger partial charge in [-0.25, -0.2) is 4.79 Å². The summed E-state index contributed by atoms with van der Waals surface area (Å²) in [6, 6.07) is -0.632. The lowest BCUT2D eigenvalue weighted by Crippen LogP contribution is -2.51. The van der Waals surface area contributed by atoms with E-state index in [-0.39, 0.29) is 12.5 Å². The lowest BCUT2D eigenvalue weighted by molar-refractivity contribution is -0.139. The molecule has 3 N–H and O–H groups in total. The Labute approximate surface area is 173 Å². The average Bonchev–Trinajstić information content (AvgIpc) is 2.90. The molecule has 1 saturated heterocycles. The van der Waals surface area contributed by atoms with Gasteiger partial charge in [-0.1, -0.05) is 58.3 Å². The summed E-state index contributed by atoms with van der Waals surface area (Å²) >= 11 is 0. The molecule has 2 rings (SSSR count). The van der Waals surface area contributed by atoms with E-state index in [0.717, 1.165) is 62.8 Å². The highest BCUT2D eigenvalue weighted by Gasteiger charge is 2.48. The van der Waals surface area contributed by atoms with Gasteiger partial charge in [0.25, 0.3) is 11.8 Å². The fourth-order valence-electron chi connectivity index (χ4n) is 4.11. The number of hydrazine groups is 1. The summed E-state index contributed by atoms with van der Waals surface area (Å²) in [4.78, 5) is 49.0. The number of nitrogens with one attached hydrogen (secondary N) is 3. The highest BCUT2D eigenvalue weighted by molar-refractivity contribution is 6.07. The number of nitrogens with zero attached hydrogens (tertiary/aromatic N) is 1. The second kappa shape index (κ2) is 11.2. The van der Waals surface area contributed by atoms with Gasteiger partial charge < -0.3 is 10.6 Å². The topological polar surface area (TPSA) is 108 Å². The molecule has 0 aromatic heterocycles. The van der Waals surface area contributed by atoms with Crippen LogP contribution in [-0.4, -0.2) is 40.8 Å². The summed E-state index contributed by atoms with van der Waals surface area (Å²) in [6.07, 6.45) is 11.9. The predicted octanol–water partition coefficient (Wildman–Crippen LogP) is 2.78. The zero-order valence-electron chi connectivity index (χ0n) is 17.8. The third-order valence-corrected chi connectivity index (χ3v) is 5.92. The van der Waals surface area contributed by atoms with E-state index in [2.05, 4.69) is 23.0 Å². The molecule has 0 aromatic rings. The standard InChI is InChI=1S/C21H36N4O4/c1-3-4-5-6-10-13-21(2)19(28)25(20(29)23-21)24-18(27)15-22-17(26)14-16-11-8-7-9-12-16/h16H,3-15H2,1-2H3,(H,22,26)(H,23,29)(H,24,27). The molecule has 0 spiro atoms. The maximum atomic E-state index is 12.6. The number of urea groups is 1. The number of hydrogen-bond acceptors (Lipinski definition) is 4. The van der Waals surface area contributed by atoms with E-state index >= 15 is 0 Å². The van der Waals surface area contributed by atoms with Gasteiger partial charge in [0.2, 0.25) is 5.91 Å². The van der Waals surface area contributed by atoms with Crippen molar-refractivity contribution in [3.63, 3.8) is 0 Å². The Morgan fingerprint density at radius 1 is 1.07 bits per heavy atom. The second-order valence-corrected chi connectivity index (χ2v) is 8.59. The molecule has 8 heteroatoms. The number of rotatable bonds is 11. The molecular formula is C21H36N4O4. The molecule has 1 aliphatic carbocycles. The summed E-state index contributed by atoms with van der Waals surface area (Å²) in [7, 11) is 0. The van der Waals surface area contributed by atoms with Crippen LogP contribution >= 0.6 is 0 Å². The Bertz CT molecular complexity index is 603. The van der Waals surface area contributed by atoms with Gasteiger partial charge in [-0.15, -0.1) is 0 Å². The van der Waals surface area contributed by atoms with Gasteiger partial charge in [0.05, 0.1) is 6.54 Å². The minimum atomic E-state index is -0.999. The van der Waals surface area contributed by atoms with Crippen LogP contribution in [-0.2, 0) is 14.4 Å². The van der Waals surface area contributed by atoms with Gasteiger partial charge in [-0.2, -0.15) is 5.01 Å². The van der Waals surface area contributed by atoms with Crippen molar-refractivity contribution in [3.05, 3.63) is 0 Å². The first-order valence-electron chi connectivity index (χ1n) is 11.1. The van der Waals surface area contributed by atoms with Gasteiger partial charge in [0.15, 0.2) is 0 Å². The molecular weight excluding hydrogens is 372 g/mol. The van der Waals surface area contributed by atoms with Crippen LogP contribution < -0.4 is 16.1 Å². The van der Waals surface area contributed by atoms with E-state index in [9.17, 15) is 19.2 Å². The third kappa shape index (κ3) is 7.01. The smallest absolute Gasteiger partial charge is 0.344 e. The number of carbonyl (C=O) groups excluding carboxylic acids is 4. The Balaban J connectivity index is 1.73. The molecule has 164 valence electrons. The predicted molar refractivity (Wildman–Crippen MR) is 110 cm³/mol. The molecule has 2 fully saturated rings. The number of imide groups is 1. The van der Waals surface area contributed by atoms with E-state index in [0.29, 0.717) is 18.8 Å². The lowest BCUT2D eigenvalue weighted by Gasteiger charge is -2.22. The monoisotopic (exact) mass is 408 g/mol. The Hall–Kier alpha value is -2.12. The van der Waals surface area contributed by atoms with Gasteiger partial charge >= 0.3 is 6.03 Å². The number of carbonyl (C=O) groups is 4. The minimum absolute atomic E-state index is 0.166. The fraction of sp³-hybridized carbons (Fsp3) is 0.810. The summed E-state index contributed by atoms with van der Waals surface area (Å²) in [5, 5.41) is 6.01. The molecule has 29 heavy (non-hydrogen) atoms. The minimum Gasteiger partial charge on any atom is -0.347 e. The SMILES string of the molecule is CCCCCCCC1(C)NC(=O)N(NC(=O)CNC(=O)CC2CCCCC2)C1=O. The van der Waals surface area contributed by atoms with Crippen molar-refractivity contribution in [1.82, 2.24) is 21.1 Å². The van der Waals surface area contributed by atoms with Crippen LogP contribution in [0, 0.1) is 5.92 Å². The third-order valence-electron chi connectivity index (χ3n) is 5.92. The first kappa shape index (κ1) is 23.2. The molecule has 0 bridgehead atoms. The van der Waals surface area contributed by atoms with Crippen molar-refractivity contribution in [2.24, 2.45) is 5.92 Å². The summed E-state index contributed by atoms with van der Waals surface area (Å²) in [5.74, 6) is -0.825. The van der Waals surface area contributed by atoms with Crippen LogP contribution in [0.4, 0.5) is 4.79 Å². The summed E-state index contributed by atoms with van der Waals surface area (Å²) in [6.45, 7) is 3.57. The van der Waals surface area contributed by atoms with Crippen molar-refractivity contribution >= 4 is 23.8 Å². The van der Waals surface area contributed by atoms with Crippen molar-refractivity contribution in [2.75, 3.05) is 6.54 Å². The van der Waals surface area contributed by atoms with E-state index in [4.69, 9.17) is 0 Å². The van der Waals surface area contributed by atoms with Crippen LogP contribution in [0.2, 0.25) is 0 Å². The lowest BCUT2D eigenvalue weighted by atomic mass is 9.87. The molecule has 1 aliphatic heterocycles. The highest BCUT2D eigenvalue weighted by Crippen LogP contribution is 2.26. The maximum Gasteiger partial charge on any atom is 0.344 e. The summed E-state index contributed by atoms with van der Waals surface area (Å²) < 4.78 is 0. The Morgan fingerprint density at radius 3 is 2.45 bits per heavy atom. The number of unbranched alkanes of at least 4 members (excludes halogenated alkanes) is 4. The maximum absolute atomic E-state index is 12.6. The fourth-order valence-corrected chi connectivity index (χ4v) is 4.11. The number of amides is 5. The zero-order chi connectivity index (χ0) is 21.3. The van der Waals surface area contributed by atoms with E-state index in [1.807, 2.05) is 0 Å². The first-order valence-corrected chi connectivity index (χ1v) is 11.1. The van der Waals surface area contributed by atoms with Gasteiger partial charge in [-0.3, -0.25) is 19.8 Å². The molecule has 1 atom stereocenters. The van der Waals surface area contributed by atoms with Crippen molar-refractivity contribution in [3.8, 4) is 0 Å². The van der Waals surface area contributed by atoms with Gasteiger partial charge in [-0.05, 0) is 32.1 Å². The molecule has 5 amide bonds. The number of hydrogen-bond donors (Lipinski definition) is 3. The van der Waals surface area contributed by atoms with E-state index in [1.54, 1.807) is 6.92 Å². The molecule has 1 heterocycles. The first-order chi connectivity index (χ1) is 13.9. The van der Waals surface area contributed by atoms with Crippen LogP contribution in [0.1, 0.15) is 90.9 Å². The molecule has 0 radical (unpaired) electrons.